The van der Waals surface area contributed by atoms with Crippen molar-refractivity contribution < 1.29 is 14.6 Å². The van der Waals surface area contributed by atoms with E-state index in [9.17, 15) is 9.90 Å². The number of allylic oxidation sites excluding steroid dienone is 1. The van der Waals surface area contributed by atoms with Crippen LogP contribution in [0.1, 0.15) is 38.3 Å². The Morgan fingerprint density at radius 2 is 1.64 bits per heavy atom. The fourth-order valence-electron chi connectivity index (χ4n) is 3.77. The van der Waals surface area contributed by atoms with Gasteiger partial charge in [-0.1, -0.05) is 72.3 Å². The van der Waals surface area contributed by atoms with Crippen LogP contribution in [0.5, 0.6) is 11.5 Å². The van der Waals surface area contributed by atoms with Crippen LogP contribution in [-0.2, 0) is 0 Å². The predicted octanol–water partition coefficient (Wildman–Crippen LogP) is 6.63. The molecule has 1 N–H and O–H groups in total. The van der Waals surface area contributed by atoms with Gasteiger partial charge in [0.05, 0.1) is 18.2 Å². The first-order valence-corrected chi connectivity index (χ1v) is 10.7. The number of phenols is 1. The number of rotatable bonds is 6. The summed E-state index contributed by atoms with van der Waals surface area (Å²) in [6.07, 6.45) is 7.21. The molecule has 164 valence electrons. The van der Waals surface area contributed by atoms with Crippen LogP contribution >= 0.6 is 0 Å². The van der Waals surface area contributed by atoms with E-state index in [4.69, 9.17) is 4.74 Å². The minimum Gasteiger partial charge on any atom is -0.504 e. The van der Waals surface area contributed by atoms with Crippen molar-refractivity contribution in [2.24, 2.45) is 0 Å². The van der Waals surface area contributed by atoms with Gasteiger partial charge in [0.25, 0.3) is 0 Å². The molecule has 0 saturated carbocycles. The summed E-state index contributed by atoms with van der Waals surface area (Å²) in [5.41, 5.74) is 5.87. The van der Waals surface area contributed by atoms with Crippen molar-refractivity contribution in [2.75, 3.05) is 7.11 Å². The van der Waals surface area contributed by atoms with E-state index in [1.165, 1.54) is 18.7 Å². The van der Waals surface area contributed by atoms with Crippen LogP contribution in [0, 0.1) is 13.8 Å². The molecule has 0 fully saturated rings. The highest BCUT2D eigenvalue weighted by molar-refractivity contribution is 6.13. The molecule has 3 aromatic carbocycles. The van der Waals surface area contributed by atoms with Gasteiger partial charge in [-0.15, -0.1) is 0 Å². The molecule has 4 heteroatoms. The standard InChI is InChI=1S/C29H25NO3/c1-19-8-10-21(11-9-19)12-15-24-23-6-4-5-7-25(23)30-20(2)29(24)26(31)16-13-22-14-17-28(33-3)27(32)18-22/h4-18,32H,1-3H3/b15-12+,16-13+. The monoisotopic (exact) mass is 435 g/mol. The molecular formula is C29H25NO3. The maximum atomic E-state index is 13.3. The number of hydrogen-bond donors (Lipinski definition) is 1. The van der Waals surface area contributed by atoms with Crippen LogP contribution in [0.3, 0.4) is 0 Å². The number of pyridine rings is 1. The maximum absolute atomic E-state index is 13.3. The summed E-state index contributed by atoms with van der Waals surface area (Å²) in [7, 11) is 1.50. The average molecular weight is 436 g/mol. The molecule has 0 atom stereocenters. The fourth-order valence-corrected chi connectivity index (χ4v) is 3.77. The lowest BCUT2D eigenvalue weighted by molar-refractivity contribution is 0.104. The lowest BCUT2D eigenvalue weighted by atomic mass is 9.96. The number of methoxy groups -OCH3 is 1. The normalized spacial score (nSPS) is 11.5. The summed E-state index contributed by atoms with van der Waals surface area (Å²) in [5, 5.41) is 10.9. The highest BCUT2D eigenvalue weighted by atomic mass is 16.5. The number of nitrogens with zero attached hydrogens (tertiary/aromatic N) is 1. The summed E-state index contributed by atoms with van der Waals surface area (Å²) in [6.45, 7) is 3.91. The van der Waals surface area contributed by atoms with Gasteiger partial charge < -0.3 is 9.84 Å². The zero-order chi connectivity index (χ0) is 23.4. The quantitative estimate of drug-likeness (QED) is 0.273. The van der Waals surface area contributed by atoms with Gasteiger partial charge in [0, 0.05) is 11.1 Å². The number of hydrogen-bond acceptors (Lipinski definition) is 4. The first-order valence-electron chi connectivity index (χ1n) is 10.7. The topological polar surface area (TPSA) is 59.4 Å². The molecule has 0 saturated heterocycles. The third-order valence-electron chi connectivity index (χ3n) is 5.51. The zero-order valence-corrected chi connectivity index (χ0v) is 18.9. The number of phenolic OH excluding ortho intramolecular Hbond substituents is 1. The molecule has 0 amide bonds. The van der Waals surface area contributed by atoms with Crippen molar-refractivity contribution in [3.63, 3.8) is 0 Å². The van der Waals surface area contributed by atoms with Crippen LogP contribution in [0.4, 0.5) is 0 Å². The molecule has 4 aromatic rings. The molecule has 4 rings (SSSR count). The van der Waals surface area contributed by atoms with E-state index in [1.807, 2.05) is 43.3 Å². The summed E-state index contributed by atoms with van der Waals surface area (Å²) < 4.78 is 5.08. The Hall–Kier alpha value is -4.18. The van der Waals surface area contributed by atoms with Crippen molar-refractivity contribution >= 4 is 34.9 Å². The molecule has 0 spiro atoms. The second-order valence-corrected chi connectivity index (χ2v) is 7.88. The Labute approximate surface area is 193 Å². The van der Waals surface area contributed by atoms with Crippen molar-refractivity contribution in [1.82, 2.24) is 4.98 Å². The van der Waals surface area contributed by atoms with Crippen molar-refractivity contribution in [3.8, 4) is 11.5 Å². The smallest absolute Gasteiger partial charge is 0.188 e. The Morgan fingerprint density at radius 1 is 0.909 bits per heavy atom. The molecule has 1 aromatic heterocycles. The summed E-state index contributed by atoms with van der Waals surface area (Å²) in [6, 6.07) is 21.1. The van der Waals surface area contributed by atoms with E-state index in [-0.39, 0.29) is 11.5 Å². The minimum absolute atomic E-state index is 0.0253. The first kappa shape index (κ1) is 22.0. The number of carbonyl (C=O) groups is 1. The number of ketones is 1. The lowest BCUT2D eigenvalue weighted by Gasteiger charge is -2.11. The van der Waals surface area contributed by atoms with Gasteiger partial charge in [0.2, 0.25) is 0 Å². The van der Waals surface area contributed by atoms with Gasteiger partial charge in [-0.25, -0.2) is 0 Å². The SMILES string of the molecule is COc1ccc(/C=C/C(=O)c2c(C)nc3ccccc3c2/C=C/c2ccc(C)cc2)cc1O. The Kier molecular flexibility index (Phi) is 6.36. The summed E-state index contributed by atoms with van der Waals surface area (Å²) in [4.78, 5) is 18.0. The largest absolute Gasteiger partial charge is 0.504 e. The third kappa shape index (κ3) is 4.85. The fraction of sp³-hybridized carbons (Fsp3) is 0.103. The van der Waals surface area contributed by atoms with Gasteiger partial charge in [-0.05, 0) is 54.8 Å². The van der Waals surface area contributed by atoms with Crippen molar-refractivity contribution in [1.29, 1.82) is 0 Å². The predicted molar refractivity (Wildman–Crippen MR) is 135 cm³/mol. The summed E-state index contributed by atoms with van der Waals surface area (Å²) in [5.74, 6) is 0.263. The first-order chi connectivity index (χ1) is 16.0. The molecule has 1 heterocycles. The maximum Gasteiger partial charge on any atom is 0.188 e. The minimum atomic E-state index is -0.149. The number of carbonyl (C=O) groups excluding carboxylic acids is 1. The van der Waals surface area contributed by atoms with Gasteiger partial charge in [0.15, 0.2) is 17.3 Å². The van der Waals surface area contributed by atoms with Crippen LogP contribution < -0.4 is 4.74 Å². The molecule has 0 aliphatic rings. The highest BCUT2D eigenvalue weighted by Gasteiger charge is 2.16. The second-order valence-electron chi connectivity index (χ2n) is 7.88. The molecule has 0 bridgehead atoms. The highest BCUT2D eigenvalue weighted by Crippen LogP contribution is 2.28. The van der Waals surface area contributed by atoms with Crippen LogP contribution in [0.25, 0.3) is 29.1 Å². The van der Waals surface area contributed by atoms with Crippen LogP contribution in [0.2, 0.25) is 0 Å². The van der Waals surface area contributed by atoms with E-state index in [2.05, 4.69) is 36.2 Å². The molecule has 0 aliphatic heterocycles. The lowest BCUT2D eigenvalue weighted by Crippen LogP contribution is -2.05. The van der Waals surface area contributed by atoms with Crippen molar-refractivity contribution in [2.45, 2.75) is 13.8 Å². The van der Waals surface area contributed by atoms with E-state index in [0.29, 0.717) is 22.6 Å². The number of benzene rings is 3. The molecule has 4 nitrogen and oxygen atoms in total. The van der Waals surface area contributed by atoms with Crippen LogP contribution in [-0.4, -0.2) is 23.0 Å². The molecular weight excluding hydrogens is 410 g/mol. The Bertz CT molecular complexity index is 1380. The van der Waals surface area contributed by atoms with E-state index >= 15 is 0 Å². The average Bonchev–Trinajstić information content (AvgIpc) is 2.82. The van der Waals surface area contributed by atoms with Crippen LogP contribution in [0.15, 0.2) is 72.8 Å². The second kappa shape index (κ2) is 9.53. The Balaban J connectivity index is 1.76. The van der Waals surface area contributed by atoms with Gasteiger partial charge >= 0.3 is 0 Å². The van der Waals surface area contributed by atoms with E-state index in [0.717, 1.165) is 22.0 Å². The van der Waals surface area contributed by atoms with E-state index in [1.54, 1.807) is 24.3 Å². The van der Waals surface area contributed by atoms with Gasteiger partial charge in [0.1, 0.15) is 0 Å². The van der Waals surface area contributed by atoms with E-state index < -0.39 is 0 Å². The summed E-state index contributed by atoms with van der Waals surface area (Å²) >= 11 is 0. The molecule has 33 heavy (non-hydrogen) atoms. The number of fused-ring (bicyclic) bond motifs is 1. The number of ether oxygens (including phenoxy) is 1. The zero-order valence-electron chi connectivity index (χ0n) is 18.9. The molecule has 0 aliphatic carbocycles. The molecule has 0 unspecified atom stereocenters. The number of para-hydroxylation sites is 1. The number of aromatic hydroxyl groups is 1. The molecule has 0 radical (unpaired) electrons. The Morgan fingerprint density at radius 3 is 2.36 bits per heavy atom. The number of aromatic nitrogens is 1. The van der Waals surface area contributed by atoms with Gasteiger partial charge in [-0.3, -0.25) is 9.78 Å². The number of aryl methyl sites for hydroxylation is 2. The third-order valence-corrected chi connectivity index (χ3v) is 5.51. The van der Waals surface area contributed by atoms with Crippen molar-refractivity contribution in [3.05, 3.63) is 106 Å². The van der Waals surface area contributed by atoms with Gasteiger partial charge in [-0.2, -0.15) is 0 Å².